The molecule has 4 nitrogen and oxygen atoms in total. The minimum atomic E-state index is 0.0219. The second-order valence-corrected chi connectivity index (χ2v) is 5.13. The molecule has 1 heterocycles. The molecule has 1 aliphatic rings. The van der Waals surface area contributed by atoms with Crippen LogP contribution in [0.25, 0.3) is 0 Å². The molecule has 92 valence electrons. The lowest BCUT2D eigenvalue weighted by molar-refractivity contribution is 0.0716. The second-order valence-electron chi connectivity index (χ2n) is 5.13. The standard InChI is InChI=1S/C13H19N3O/c1-9(2)8-16(11-4-5-11)13(17)12-7-14-10(3)6-15-12/h6-7,9,11H,4-5,8H2,1-3H3. The Morgan fingerprint density at radius 3 is 2.59 bits per heavy atom. The molecule has 1 aliphatic carbocycles. The van der Waals surface area contributed by atoms with Crippen LogP contribution in [0.4, 0.5) is 0 Å². The highest BCUT2D eigenvalue weighted by molar-refractivity contribution is 5.92. The molecule has 17 heavy (non-hydrogen) atoms. The Morgan fingerprint density at radius 1 is 1.41 bits per heavy atom. The van der Waals surface area contributed by atoms with Gasteiger partial charge < -0.3 is 4.90 Å². The third kappa shape index (κ3) is 3.02. The van der Waals surface area contributed by atoms with Gasteiger partial charge in [-0.05, 0) is 25.7 Å². The normalized spacial score (nSPS) is 15.1. The molecule has 0 spiro atoms. The van der Waals surface area contributed by atoms with Crippen LogP contribution in [0.5, 0.6) is 0 Å². The molecule has 1 aromatic rings. The zero-order valence-corrected chi connectivity index (χ0v) is 10.7. The van der Waals surface area contributed by atoms with Crippen LogP contribution in [0, 0.1) is 12.8 Å². The van der Waals surface area contributed by atoms with Crippen molar-refractivity contribution >= 4 is 5.91 Å². The summed E-state index contributed by atoms with van der Waals surface area (Å²) in [5.41, 5.74) is 1.30. The van der Waals surface area contributed by atoms with E-state index in [-0.39, 0.29) is 5.91 Å². The highest BCUT2D eigenvalue weighted by atomic mass is 16.2. The summed E-state index contributed by atoms with van der Waals surface area (Å²) in [6.07, 6.45) is 5.47. The summed E-state index contributed by atoms with van der Waals surface area (Å²) in [6, 6.07) is 0.424. The van der Waals surface area contributed by atoms with E-state index < -0.39 is 0 Å². The van der Waals surface area contributed by atoms with Gasteiger partial charge in [0.15, 0.2) is 0 Å². The van der Waals surface area contributed by atoms with E-state index in [0.717, 1.165) is 25.1 Å². The minimum absolute atomic E-state index is 0.0219. The van der Waals surface area contributed by atoms with Crippen molar-refractivity contribution in [1.29, 1.82) is 0 Å². The minimum Gasteiger partial charge on any atom is -0.334 e. The van der Waals surface area contributed by atoms with E-state index in [1.54, 1.807) is 12.4 Å². The predicted molar refractivity (Wildman–Crippen MR) is 65.7 cm³/mol. The second kappa shape index (κ2) is 4.82. The number of amides is 1. The highest BCUT2D eigenvalue weighted by Crippen LogP contribution is 2.28. The molecule has 0 radical (unpaired) electrons. The molecule has 0 unspecified atom stereocenters. The van der Waals surface area contributed by atoms with Crippen LogP contribution in [-0.4, -0.2) is 33.4 Å². The molecule has 0 N–H and O–H groups in total. The molecule has 1 fully saturated rings. The lowest BCUT2D eigenvalue weighted by Gasteiger charge is -2.23. The molecule has 1 aromatic heterocycles. The van der Waals surface area contributed by atoms with Crippen LogP contribution in [0.1, 0.15) is 42.9 Å². The Hall–Kier alpha value is -1.45. The van der Waals surface area contributed by atoms with Gasteiger partial charge in [-0.15, -0.1) is 0 Å². The van der Waals surface area contributed by atoms with Gasteiger partial charge in [0.1, 0.15) is 5.69 Å². The molecule has 0 aliphatic heterocycles. The molecule has 0 saturated heterocycles. The summed E-state index contributed by atoms with van der Waals surface area (Å²) >= 11 is 0. The van der Waals surface area contributed by atoms with Crippen molar-refractivity contribution in [2.24, 2.45) is 5.92 Å². The van der Waals surface area contributed by atoms with Crippen LogP contribution < -0.4 is 0 Å². The molecule has 1 saturated carbocycles. The fourth-order valence-electron chi connectivity index (χ4n) is 1.83. The summed E-state index contributed by atoms with van der Waals surface area (Å²) < 4.78 is 0. The zero-order valence-electron chi connectivity index (χ0n) is 10.7. The fraction of sp³-hybridized carbons (Fsp3) is 0.615. The van der Waals surface area contributed by atoms with Gasteiger partial charge in [0, 0.05) is 18.8 Å². The van der Waals surface area contributed by atoms with E-state index in [2.05, 4.69) is 23.8 Å². The first-order chi connectivity index (χ1) is 8.08. The largest absolute Gasteiger partial charge is 0.334 e. The van der Waals surface area contributed by atoms with Gasteiger partial charge in [-0.3, -0.25) is 9.78 Å². The van der Waals surface area contributed by atoms with E-state index in [0.29, 0.717) is 17.7 Å². The maximum Gasteiger partial charge on any atom is 0.274 e. The number of hydrogen-bond donors (Lipinski definition) is 0. The van der Waals surface area contributed by atoms with Crippen molar-refractivity contribution in [3.05, 3.63) is 23.8 Å². The van der Waals surface area contributed by atoms with Gasteiger partial charge in [0.25, 0.3) is 5.91 Å². The van der Waals surface area contributed by atoms with E-state index in [4.69, 9.17) is 0 Å². The summed E-state index contributed by atoms with van der Waals surface area (Å²) in [4.78, 5) is 22.5. The Kier molecular flexibility index (Phi) is 3.41. The molecule has 0 bridgehead atoms. The topological polar surface area (TPSA) is 46.1 Å². The Bertz CT molecular complexity index is 396. The van der Waals surface area contributed by atoms with E-state index >= 15 is 0 Å². The Morgan fingerprint density at radius 2 is 2.12 bits per heavy atom. The number of rotatable bonds is 4. The molecular weight excluding hydrogens is 214 g/mol. The van der Waals surface area contributed by atoms with Gasteiger partial charge in [-0.25, -0.2) is 4.98 Å². The monoisotopic (exact) mass is 233 g/mol. The molecular formula is C13H19N3O. The number of carbonyl (C=O) groups excluding carboxylic acids is 1. The lowest BCUT2D eigenvalue weighted by Crippen LogP contribution is -2.36. The van der Waals surface area contributed by atoms with Crippen molar-refractivity contribution in [1.82, 2.24) is 14.9 Å². The summed E-state index contributed by atoms with van der Waals surface area (Å²) in [5, 5.41) is 0. The van der Waals surface area contributed by atoms with Crippen LogP contribution in [0.2, 0.25) is 0 Å². The van der Waals surface area contributed by atoms with Gasteiger partial charge in [-0.1, -0.05) is 13.8 Å². The van der Waals surface area contributed by atoms with Gasteiger partial charge >= 0.3 is 0 Å². The van der Waals surface area contributed by atoms with Crippen LogP contribution >= 0.6 is 0 Å². The van der Waals surface area contributed by atoms with Crippen LogP contribution in [-0.2, 0) is 0 Å². The first kappa shape index (κ1) is 12.0. The van der Waals surface area contributed by atoms with Crippen LogP contribution in [0.15, 0.2) is 12.4 Å². The fourth-order valence-corrected chi connectivity index (χ4v) is 1.83. The average molecular weight is 233 g/mol. The smallest absolute Gasteiger partial charge is 0.274 e. The number of hydrogen-bond acceptors (Lipinski definition) is 3. The third-order valence-corrected chi connectivity index (χ3v) is 2.81. The quantitative estimate of drug-likeness (QED) is 0.799. The molecule has 0 atom stereocenters. The predicted octanol–water partition coefficient (Wildman–Crippen LogP) is 2.05. The Labute approximate surface area is 102 Å². The molecule has 0 aromatic carbocycles. The highest BCUT2D eigenvalue weighted by Gasteiger charge is 2.33. The Balaban J connectivity index is 2.12. The van der Waals surface area contributed by atoms with E-state index in [9.17, 15) is 4.79 Å². The van der Waals surface area contributed by atoms with Gasteiger partial charge in [0.05, 0.1) is 11.9 Å². The number of aromatic nitrogens is 2. The van der Waals surface area contributed by atoms with Crippen molar-refractivity contribution in [2.75, 3.05) is 6.54 Å². The summed E-state index contributed by atoms with van der Waals surface area (Å²) in [5.74, 6) is 0.506. The number of carbonyl (C=O) groups is 1. The summed E-state index contributed by atoms with van der Waals surface area (Å²) in [7, 11) is 0. The zero-order chi connectivity index (χ0) is 12.4. The average Bonchev–Trinajstić information content (AvgIpc) is 3.09. The molecule has 4 heteroatoms. The third-order valence-electron chi connectivity index (χ3n) is 2.81. The van der Waals surface area contributed by atoms with Crippen molar-refractivity contribution in [3.8, 4) is 0 Å². The first-order valence-electron chi connectivity index (χ1n) is 6.17. The summed E-state index contributed by atoms with van der Waals surface area (Å²) in [6.45, 7) is 6.93. The van der Waals surface area contributed by atoms with E-state index in [1.807, 2.05) is 11.8 Å². The van der Waals surface area contributed by atoms with Crippen LogP contribution in [0.3, 0.4) is 0 Å². The SMILES string of the molecule is Cc1cnc(C(=O)N(CC(C)C)C2CC2)cn1. The molecule has 1 amide bonds. The van der Waals surface area contributed by atoms with Gasteiger partial charge in [0.2, 0.25) is 0 Å². The lowest BCUT2D eigenvalue weighted by atomic mass is 10.2. The van der Waals surface area contributed by atoms with E-state index in [1.165, 1.54) is 0 Å². The first-order valence-corrected chi connectivity index (χ1v) is 6.17. The number of nitrogens with zero attached hydrogens (tertiary/aromatic N) is 3. The van der Waals surface area contributed by atoms with Crippen molar-refractivity contribution in [2.45, 2.75) is 39.7 Å². The van der Waals surface area contributed by atoms with Gasteiger partial charge in [-0.2, -0.15) is 0 Å². The van der Waals surface area contributed by atoms with Crippen molar-refractivity contribution < 1.29 is 4.79 Å². The number of aryl methyl sites for hydroxylation is 1. The maximum absolute atomic E-state index is 12.3. The van der Waals surface area contributed by atoms with Crippen molar-refractivity contribution in [3.63, 3.8) is 0 Å². The molecule has 2 rings (SSSR count). The maximum atomic E-state index is 12.3.